The Labute approximate surface area is 100.0 Å². The summed E-state index contributed by atoms with van der Waals surface area (Å²) >= 11 is 0. The van der Waals surface area contributed by atoms with Crippen LogP contribution < -0.4 is 5.73 Å². The first-order chi connectivity index (χ1) is 7.57. The molecule has 0 bridgehead atoms. The van der Waals surface area contributed by atoms with Crippen molar-refractivity contribution in [1.82, 2.24) is 9.80 Å². The molecule has 0 radical (unpaired) electrons. The van der Waals surface area contributed by atoms with E-state index in [1.54, 1.807) is 0 Å². The van der Waals surface area contributed by atoms with Crippen molar-refractivity contribution in [2.24, 2.45) is 11.7 Å². The molecule has 2 N–H and O–H groups in total. The molecule has 2 fully saturated rings. The van der Waals surface area contributed by atoms with Crippen LogP contribution in [0.5, 0.6) is 0 Å². The Hall–Kier alpha value is -0.120. The van der Waals surface area contributed by atoms with Crippen LogP contribution in [0.2, 0.25) is 0 Å². The second kappa shape index (κ2) is 5.03. The molecule has 0 aromatic rings. The zero-order chi connectivity index (χ0) is 11.6. The van der Waals surface area contributed by atoms with Crippen LogP contribution in [0.15, 0.2) is 0 Å². The summed E-state index contributed by atoms with van der Waals surface area (Å²) in [6.07, 6.45) is 6.47. The van der Waals surface area contributed by atoms with Gasteiger partial charge in [0.15, 0.2) is 0 Å². The number of nitrogens with two attached hydrogens (primary N) is 1. The number of nitrogens with zero attached hydrogens (tertiary/aromatic N) is 2. The minimum atomic E-state index is 0.124. The minimum absolute atomic E-state index is 0.124. The summed E-state index contributed by atoms with van der Waals surface area (Å²) < 4.78 is 0. The molecular formula is C13H27N3. The van der Waals surface area contributed by atoms with Gasteiger partial charge in [-0.15, -0.1) is 0 Å². The molecule has 2 rings (SSSR count). The van der Waals surface area contributed by atoms with E-state index in [-0.39, 0.29) is 5.54 Å². The molecule has 0 amide bonds. The van der Waals surface area contributed by atoms with Crippen molar-refractivity contribution in [2.45, 2.75) is 37.6 Å². The van der Waals surface area contributed by atoms with Gasteiger partial charge in [0.25, 0.3) is 0 Å². The maximum absolute atomic E-state index is 6.41. The van der Waals surface area contributed by atoms with E-state index >= 15 is 0 Å². The van der Waals surface area contributed by atoms with Gasteiger partial charge in [-0.3, -0.25) is 0 Å². The van der Waals surface area contributed by atoms with E-state index < -0.39 is 0 Å². The number of likely N-dealkylation sites (tertiary alicyclic amines) is 1. The number of hydrogen-bond donors (Lipinski definition) is 1. The summed E-state index contributed by atoms with van der Waals surface area (Å²) in [5.41, 5.74) is 6.53. The monoisotopic (exact) mass is 225 g/mol. The van der Waals surface area contributed by atoms with E-state index in [1.807, 2.05) is 0 Å². The second-order valence-corrected chi connectivity index (χ2v) is 6.18. The molecule has 1 aliphatic heterocycles. The SMILES string of the molecule is CN1CCC(CN(C)CC2(N)CCCC2)C1. The molecule has 0 aromatic heterocycles. The molecule has 1 saturated carbocycles. The third-order valence-corrected chi connectivity index (χ3v) is 4.24. The fourth-order valence-corrected chi connectivity index (χ4v) is 3.46. The van der Waals surface area contributed by atoms with Crippen LogP contribution in [0.1, 0.15) is 32.1 Å². The first-order valence-electron chi connectivity index (χ1n) is 6.73. The molecule has 1 unspecified atom stereocenters. The maximum Gasteiger partial charge on any atom is 0.0283 e. The molecule has 3 heteroatoms. The Morgan fingerprint density at radius 1 is 1.38 bits per heavy atom. The van der Waals surface area contributed by atoms with Gasteiger partial charge in [0.2, 0.25) is 0 Å². The van der Waals surface area contributed by atoms with E-state index in [0.29, 0.717) is 0 Å². The van der Waals surface area contributed by atoms with E-state index in [4.69, 9.17) is 5.73 Å². The summed E-state index contributed by atoms with van der Waals surface area (Å²) in [7, 11) is 4.46. The summed E-state index contributed by atoms with van der Waals surface area (Å²) in [5, 5.41) is 0. The summed E-state index contributed by atoms with van der Waals surface area (Å²) in [6, 6.07) is 0. The van der Waals surface area contributed by atoms with Gasteiger partial charge in [-0.25, -0.2) is 0 Å². The van der Waals surface area contributed by atoms with Crippen molar-refractivity contribution in [3.05, 3.63) is 0 Å². The third kappa shape index (κ3) is 3.19. The zero-order valence-electron chi connectivity index (χ0n) is 10.9. The third-order valence-electron chi connectivity index (χ3n) is 4.24. The van der Waals surface area contributed by atoms with E-state index in [9.17, 15) is 0 Å². The predicted molar refractivity (Wildman–Crippen MR) is 68.5 cm³/mol. The van der Waals surface area contributed by atoms with Gasteiger partial charge in [-0.1, -0.05) is 12.8 Å². The fraction of sp³-hybridized carbons (Fsp3) is 1.00. The minimum Gasteiger partial charge on any atom is -0.324 e. The molecule has 1 atom stereocenters. The van der Waals surface area contributed by atoms with Gasteiger partial charge < -0.3 is 15.5 Å². The molecule has 0 spiro atoms. The standard InChI is InChI=1S/C13H27N3/c1-15-8-5-12(9-15)10-16(2)11-13(14)6-3-4-7-13/h12H,3-11,14H2,1-2H3. The summed E-state index contributed by atoms with van der Waals surface area (Å²) in [4.78, 5) is 4.90. The van der Waals surface area contributed by atoms with Crippen molar-refractivity contribution >= 4 is 0 Å². The van der Waals surface area contributed by atoms with Crippen molar-refractivity contribution in [2.75, 3.05) is 40.3 Å². The Bertz CT molecular complexity index is 223. The first-order valence-corrected chi connectivity index (χ1v) is 6.73. The van der Waals surface area contributed by atoms with Crippen LogP contribution in [0.25, 0.3) is 0 Å². The van der Waals surface area contributed by atoms with Crippen LogP contribution in [0.4, 0.5) is 0 Å². The Kier molecular flexibility index (Phi) is 3.88. The number of hydrogen-bond acceptors (Lipinski definition) is 3. The van der Waals surface area contributed by atoms with Gasteiger partial charge in [0, 0.05) is 25.2 Å². The maximum atomic E-state index is 6.41. The second-order valence-electron chi connectivity index (χ2n) is 6.18. The first kappa shape index (κ1) is 12.3. The lowest BCUT2D eigenvalue weighted by atomic mass is 9.98. The molecular weight excluding hydrogens is 198 g/mol. The summed E-state index contributed by atoms with van der Waals surface area (Å²) in [5.74, 6) is 0.861. The van der Waals surface area contributed by atoms with Crippen molar-refractivity contribution in [1.29, 1.82) is 0 Å². The molecule has 0 aromatic carbocycles. The summed E-state index contributed by atoms with van der Waals surface area (Å²) in [6.45, 7) is 4.85. The molecule has 1 aliphatic carbocycles. The lowest BCUT2D eigenvalue weighted by molar-refractivity contribution is 0.217. The Balaban J connectivity index is 1.73. The van der Waals surface area contributed by atoms with Crippen molar-refractivity contribution in [3.63, 3.8) is 0 Å². The highest BCUT2D eigenvalue weighted by atomic mass is 15.2. The van der Waals surface area contributed by atoms with Crippen LogP contribution in [0, 0.1) is 5.92 Å². The van der Waals surface area contributed by atoms with Crippen LogP contribution in [0.3, 0.4) is 0 Å². The quantitative estimate of drug-likeness (QED) is 0.779. The molecule has 3 nitrogen and oxygen atoms in total. The lowest BCUT2D eigenvalue weighted by Gasteiger charge is -2.31. The van der Waals surface area contributed by atoms with Gasteiger partial charge in [-0.2, -0.15) is 0 Å². The largest absolute Gasteiger partial charge is 0.324 e. The van der Waals surface area contributed by atoms with Crippen LogP contribution >= 0.6 is 0 Å². The highest BCUT2D eigenvalue weighted by molar-refractivity contribution is 4.92. The normalized spacial score (nSPS) is 30.4. The molecule has 1 saturated heterocycles. The van der Waals surface area contributed by atoms with Crippen molar-refractivity contribution < 1.29 is 0 Å². The number of likely N-dealkylation sites (N-methyl/N-ethyl adjacent to an activating group) is 1. The van der Waals surface area contributed by atoms with Gasteiger partial charge in [0.1, 0.15) is 0 Å². The Morgan fingerprint density at radius 2 is 2.06 bits per heavy atom. The van der Waals surface area contributed by atoms with E-state index in [2.05, 4.69) is 23.9 Å². The van der Waals surface area contributed by atoms with Gasteiger partial charge >= 0.3 is 0 Å². The number of rotatable bonds is 4. The molecule has 2 aliphatic rings. The predicted octanol–water partition coefficient (Wildman–Crippen LogP) is 1.14. The van der Waals surface area contributed by atoms with E-state index in [1.165, 1.54) is 51.7 Å². The average molecular weight is 225 g/mol. The lowest BCUT2D eigenvalue weighted by Crippen LogP contribution is -2.48. The van der Waals surface area contributed by atoms with Crippen molar-refractivity contribution in [3.8, 4) is 0 Å². The molecule has 16 heavy (non-hydrogen) atoms. The van der Waals surface area contributed by atoms with E-state index in [0.717, 1.165) is 12.5 Å². The topological polar surface area (TPSA) is 32.5 Å². The smallest absolute Gasteiger partial charge is 0.0283 e. The highest BCUT2D eigenvalue weighted by Gasteiger charge is 2.31. The zero-order valence-corrected chi connectivity index (χ0v) is 10.9. The van der Waals surface area contributed by atoms with Crippen LogP contribution in [-0.2, 0) is 0 Å². The molecule has 94 valence electrons. The van der Waals surface area contributed by atoms with Crippen LogP contribution in [-0.4, -0.2) is 55.6 Å². The highest BCUT2D eigenvalue weighted by Crippen LogP contribution is 2.28. The average Bonchev–Trinajstić information content (AvgIpc) is 2.75. The van der Waals surface area contributed by atoms with Gasteiger partial charge in [0.05, 0.1) is 0 Å². The fourth-order valence-electron chi connectivity index (χ4n) is 3.46. The van der Waals surface area contributed by atoms with Gasteiger partial charge in [-0.05, 0) is 45.8 Å². The molecule has 1 heterocycles. The Morgan fingerprint density at radius 3 is 2.62 bits per heavy atom.